The number of piperidine rings is 3. The van der Waals surface area contributed by atoms with Gasteiger partial charge in [-0.3, -0.25) is 73.8 Å². The second-order valence-electron chi connectivity index (χ2n) is 25.5. The first kappa shape index (κ1) is 64.0. The van der Waals surface area contributed by atoms with Gasteiger partial charge in [-0.2, -0.15) is 0 Å². The highest BCUT2D eigenvalue weighted by atomic mass is 16.5. The minimum atomic E-state index is -1.81. The Bertz CT molecular complexity index is 3770. The standard InChI is InChI=1S/3C25H27N3O5/c3*29-23-9-8-21(24(30)26-23)28-15-20-19(25(28)31)2-1-3-22(20)33-16-18-6-4-17(5-7-18)14-27-10-12-32-13-11-27/h3*1-7,21H,8-16H2,(H,26,29,30)/t2*21-;/m10./s1/i3*21D. The van der Waals surface area contributed by atoms with E-state index in [0.29, 0.717) is 70.4 Å². The summed E-state index contributed by atoms with van der Waals surface area (Å²) < 4.78 is 60.3. The maximum atomic E-state index is 13.0. The van der Waals surface area contributed by atoms with Gasteiger partial charge in [0.2, 0.25) is 35.4 Å². The molecule has 6 aromatic rings. The van der Waals surface area contributed by atoms with E-state index in [9.17, 15) is 43.2 Å². The first-order valence-corrected chi connectivity index (χ1v) is 33.7. The zero-order valence-corrected chi connectivity index (χ0v) is 55.0. The van der Waals surface area contributed by atoms with Crippen LogP contribution in [0.5, 0.6) is 17.2 Å². The minimum Gasteiger partial charge on any atom is -0.489 e. The molecule has 15 rings (SSSR count). The number of morpholine rings is 3. The summed E-state index contributed by atoms with van der Waals surface area (Å²) in [6, 6.07) is 35.1. The number of hydrogen-bond acceptors (Lipinski definition) is 18. The molecule has 6 saturated heterocycles. The van der Waals surface area contributed by atoms with E-state index < -0.39 is 71.2 Å². The number of fused-ring (bicyclic) bond motifs is 3. The smallest absolute Gasteiger partial charge is 0.255 e. The van der Waals surface area contributed by atoms with E-state index in [4.69, 9.17) is 32.5 Å². The fraction of sp³-hybridized carbons (Fsp3) is 0.400. The van der Waals surface area contributed by atoms with E-state index >= 15 is 0 Å². The molecule has 99 heavy (non-hydrogen) atoms. The highest BCUT2D eigenvalue weighted by molar-refractivity contribution is 6.08. The first-order chi connectivity index (χ1) is 49.3. The van der Waals surface area contributed by atoms with E-state index in [1.165, 1.54) is 31.4 Å². The van der Waals surface area contributed by atoms with Gasteiger partial charge in [0.25, 0.3) is 17.7 Å². The zero-order valence-electron chi connectivity index (χ0n) is 58.0. The topological polar surface area (TPSA) is 265 Å². The molecule has 0 aromatic heterocycles. The van der Waals surface area contributed by atoms with Crippen molar-refractivity contribution >= 4 is 53.2 Å². The summed E-state index contributed by atoms with van der Waals surface area (Å²) in [7, 11) is 0. The van der Waals surface area contributed by atoms with Gasteiger partial charge in [0.05, 0.1) is 63.4 Å². The number of carbonyl (C=O) groups is 9. The Morgan fingerprint density at radius 3 is 0.859 bits per heavy atom. The molecule has 9 amide bonds. The fourth-order valence-corrected chi connectivity index (χ4v) is 13.3. The van der Waals surface area contributed by atoms with Gasteiger partial charge < -0.3 is 43.1 Å². The van der Waals surface area contributed by atoms with Crippen LogP contribution in [-0.4, -0.2) is 180 Å². The summed E-state index contributed by atoms with van der Waals surface area (Å²) in [5.74, 6) is -3.05. The van der Waals surface area contributed by atoms with Crippen molar-refractivity contribution < 1.29 is 75.7 Å². The van der Waals surface area contributed by atoms with Crippen molar-refractivity contribution in [1.29, 1.82) is 0 Å². The fourth-order valence-electron chi connectivity index (χ4n) is 13.3. The number of amides is 9. The number of imide groups is 3. The quantitative estimate of drug-likeness (QED) is 0.0887. The molecule has 3 N–H and O–H groups in total. The lowest BCUT2D eigenvalue weighted by atomic mass is 10.0. The van der Waals surface area contributed by atoms with Crippen LogP contribution >= 0.6 is 0 Å². The Labute approximate surface area is 577 Å². The molecule has 9 heterocycles. The largest absolute Gasteiger partial charge is 0.489 e. The molecule has 6 fully saturated rings. The van der Waals surface area contributed by atoms with Gasteiger partial charge in [-0.05, 0) is 89.0 Å². The SMILES string of the molecule is [2H]C1(N2Cc3c(OCc4ccc(CN5CCOCC5)cc4)cccc3C2=O)CCC(=O)NC1=O.[2H][C@@]1(N2Cc3c(OCc4ccc(CN5CCOCC5)cc4)cccc3C2=O)CCC(=O)NC1=O.[2H][C@]1(N2Cc3c(OCc4ccc(CN5CCOCC5)cc4)cccc3C2=O)CCC(=O)NC1=O. The third kappa shape index (κ3) is 16.4. The summed E-state index contributed by atoms with van der Waals surface area (Å²) >= 11 is 0. The lowest BCUT2D eigenvalue weighted by Crippen LogP contribution is -2.52. The normalized spacial score (nSPS) is 23.8. The average Bonchev–Trinajstić information content (AvgIpc) is 1.57. The van der Waals surface area contributed by atoms with Gasteiger partial charge in [-0.1, -0.05) is 91.0 Å². The van der Waals surface area contributed by atoms with Crippen LogP contribution in [-0.2, 0) is 102 Å². The average molecular weight is 1350 g/mol. The van der Waals surface area contributed by atoms with E-state index in [1.54, 1.807) is 54.6 Å². The minimum absolute atomic E-state index is 0.0234. The first-order valence-electron chi connectivity index (χ1n) is 35.2. The molecular weight excluding hydrogens is 1270 g/mol. The molecule has 0 aliphatic carbocycles. The van der Waals surface area contributed by atoms with Crippen LogP contribution in [0.3, 0.4) is 0 Å². The zero-order chi connectivity index (χ0) is 71.1. The number of benzene rings is 6. The van der Waals surface area contributed by atoms with Crippen molar-refractivity contribution in [3.05, 3.63) is 194 Å². The molecule has 516 valence electrons. The van der Waals surface area contributed by atoms with E-state index in [-0.39, 0.29) is 58.2 Å². The van der Waals surface area contributed by atoms with Gasteiger partial charge in [-0.25, -0.2) is 0 Å². The molecule has 0 saturated carbocycles. The number of carbonyl (C=O) groups excluding carboxylic acids is 9. The second kappa shape index (κ2) is 31.4. The highest BCUT2D eigenvalue weighted by Gasteiger charge is 2.43. The van der Waals surface area contributed by atoms with E-state index in [1.807, 2.05) is 36.4 Å². The molecule has 3 atom stereocenters. The van der Waals surface area contributed by atoms with Crippen molar-refractivity contribution in [1.82, 2.24) is 45.3 Å². The van der Waals surface area contributed by atoms with Crippen molar-refractivity contribution in [2.45, 2.75) is 116 Å². The van der Waals surface area contributed by atoms with Crippen LogP contribution in [0.25, 0.3) is 0 Å². The molecular formula is C75H81N9O15. The molecule has 9 aliphatic rings. The lowest BCUT2D eigenvalue weighted by Gasteiger charge is -2.29. The summed E-state index contributed by atoms with van der Waals surface area (Å²) in [6.45, 7) is 14.3. The highest BCUT2D eigenvalue weighted by Crippen LogP contribution is 2.37. The van der Waals surface area contributed by atoms with Gasteiger partial charge >= 0.3 is 0 Å². The van der Waals surface area contributed by atoms with Gasteiger partial charge in [0, 0.05) is 112 Å². The Kier molecular flexibility index (Phi) is 20.3. The monoisotopic (exact) mass is 1350 g/mol. The van der Waals surface area contributed by atoms with Crippen molar-refractivity contribution in [3.63, 3.8) is 0 Å². The third-order valence-electron chi connectivity index (χ3n) is 18.8. The number of rotatable bonds is 18. The summed E-state index contributed by atoms with van der Waals surface area (Å²) in [6.07, 6.45) is 0.0138. The molecule has 6 aromatic carbocycles. The Balaban J connectivity index is 0.000000137. The molecule has 1 unspecified atom stereocenters. The summed E-state index contributed by atoms with van der Waals surface area (Å²) in [5, 5.41) is 6.56. The van der Waals surface area contributed by atoms with Gasteiger partial charge in [0.15, 0.2) is 0 Å². The Hall–Kier alpha value is -9.69. The van der Waals surface area contributed by atoms with E-state index in [0.717, 1.165) is 115 Å². The van der Waals surface area contributed by atoms with Crippen LogP contribution in [0.15, 0.2) is 127 Å². The van der Waals surface area contributed by atoms with Crippen LogP contribution < -0.4 is 30.2 Å². The Morgan fingerprint density at radius 2 is 0.606 bits per heavy atom. The molecule has 24 nitrogen and oxygen atoms in total. The van der Waals surface area contributed by atoms with Gasteiger partial charge in [-0.15, -0.1) is 0 Å². The van der Waals surface area contributed by atoms with Crippen molar-refractivity contribution in [2.24, 2.45) is 0 Å². The molecule has 0 radical (unpaired) electrons. The molecule has 0 spiro atoms. The molecule has 0 bridgehead atoms. The van der Waals surface area contributed by atoms with E-state index in [2.05, 4.69) is 67.0 Å². The van der Waals surface area contributed by atoms with Gasteiger partial charge in [0.1, 0.15) is 55.1 Å². The Morgan fingerprint density at radius 1 is 0.354 bits per heavy atom. The number of nitrogens with zero attached hydrogens (tertiary/aromatic N) is 6. The second-order valence-corrected chi connectivity index (χ2v) is 25.5. The third-order valence-corrected chi connectivity index (χ3v) is 18.8. The summed E-state index contributed by atoms with van der Waals surface area (Å²) in [4.78, 5) is 122. The number of ether oxygens (including phenoxy) is 6. The molecule has 24 heteroatoms. The predicted molar refractivity (Wildman–Crippen MR) is 358 cm³/mol. The van der Waals surface area contributed by atoms with Crippen LogP contribution in [0, 0.1) is 0 Å². The van der Waals surface area contributed by atoms with Crippen LogP contribution in [0.2, 0.25) is 0 Å². The van der Waals surface area contributed by atoms with Crippen LogP contribution in [0.1, 0.15) is 124 Å². The lowest BCUT2D eigenvalue weighted by molar-refractivity contribution is -0.138. The maximum Gasteiger partial charge on any atom is 0.255 e. The molecule has 9 aliphatic heterocycles. The number of nitrogens with one attached hydrogen (secondary N) is 3. The number of hydrogen-bond donors (Lipinski definition) is 3. The predicted octanol–water partition coefficient (Wildman–Crippen LogP) is 5.58. The van der Waals surface area contributed by atoms with Crippen molar-refractivity contribution in [2.75, 3.05) is 78.9 Å². The maximum absolute atomic E-state index is 13.0. The van der Waals surface area contributed by atoms with Crippen LogP contribution in [0.4, 0.5) is 0 Å². The summed E-state index contributed by atoms with van der Waals surface area (Å²) in [5.41, 5.74) is 9.98. The van der Waals surface area contributed by atoms with Crippen molar-refractivity contribution in [3.8, 4) is 17.2 Å².